The van der Waals surface area contributed by atoms with Crippen LogP contribution in [-0.4, -0.2) is 13.3 Å². The lowest BCUT2D eigenvalue weighted by molar-refractivity contribution is 0.104. The normalized spacial score (nSPS) is 11.2. The SMILES string of the molecule is O=C(/C=C(\OB(F)F)c1ccc(F)cc1)c1ccc(F)cc1. The van der Waals surface area contributed by atoms with Crippen molar-refractivity contribution >= 4 is 19.0 Å². The number of hydrogen-bond donors (Lipinski definition) is 0. The van der Waals surface area contributed by atoms with Crippen LogP contribution in [0.1, 0.15) is 15.9 Å². The Bertz CT molecular complexity index is 682. The first-order valence-corrected chi connectivity index (χ1v) is 6.18. The van der Waals surface area contributed by atoms with E-state index < -0.39 is 30.6 Å². The summed E-state index contributed by atoms with van der Waals surface area (Å²) in [4.78, 5) is 12.0. The molecular formula is C15H9BF4O2. The Hall–Kier alpha value is -2.57. The zero-order valence-electron chi connectivity index (χ0n) is 11.1. The zero-order valence-corrected chi connectivity index (χ0v) is 11.1. The highest BCUT2D eigenvalue weighted by Gasteiger charge is 2.21. The number of halogens is 4. The van der Waals surface area contributed by atoms with E-state index in [2.05, 4.69) is 4.65 Å². The summed E-state index contributed by atoms with van der Waals surface area (Å²) >= 11 is 0. The van der Waals surface area contributed by atoms with Crippen molar-refractivity contribution in [3.05, 3.63) is 77.4 Å². The molecule has 22 heavy (non-hydrogen) atoms. The van der Waals surface area contributed by atoms with Gasteiger partial charge < -0.3 is 4.65 Å². The lowest BCUT2D eigenvalue weighted by atomic mass is 10.1. The summed E-state index contributed by atoms with van der Waals surface area (Å²) in [6, 6.07) is 9.13. The van der Waals surface area contributed by atoms with Crippen molar-refractivity contribution in [2.45, 2.75) is 0 Å². The van der Waals surface area contributed by atoms with E-state index in [0.29, 0.717) is 0 Å². The molecule has 0 aromatic heterocycles. The van der Waals surface area contributed by atoms with Crippen molar-refractivity contribution in [1.29, 1.82) is 0 Å². The van der Waals surface area contributed by atoms with Crippen LogP contribution in [0.5, 0.6) is 0 Å². The van der Waals surface area contributed by atoms with Gasteiger partial charge in [-0.1, -0.05) is 0 Å². The molecule has 2 aromatic rings. The average Bonchev–Trinajstić information content (AvgIpc) is 2.47. The third kappa shape index (κ3) is 4.21. The van der Waals surface area contributed by atoms with E-state index in [0.717, 1.165) is 30.3 Å². The van der Waals surface area contributed by atoms with Gasteiger partial charge in [0.1, 0.15) is 17.4 Å². The molecule has 0 saturated carbocycles. The van der Waals surface area contributed by atoms with Crippen LogP contribution in [-0.2, 0) is 4.65 Å². The van der Waals surface area contributed by atoms with E-state index in [4.69, 9.17) is 0 Å². The maximum atomic E-state index is 12.9. The van der Waals surface area contributed by atoms with Gasteiger partial charge in [0.2, 0.25) is 0 Å². The summed E-state index contributed by atoms with van der Waals surface area (Å²) in [5.41, 5.74) is 0.232. The quantitative estimate of drug-likeness (QED) is 0.273. The largest absolute Gasteiger partial charge is 0.796 e. The van der Waals surface area contributed by atoms with Crippen molar-refractivity contribution in [2.75, 3.05) is 0 Å². The number of ketones is 1. The van der Waals surface area contributed by atoms with E-state index in [-0.39, 0.29) is 11.1 Å². The fourth-order valence-electron chi connectivity index (χ4n) is 1.71. The molecule has 0 heterocycles. The fraction of sp³-hybridized carbons (Fsp3) is 0. The van der Waals surface area contributed by atoms with Gasteiger partial charge in [-0.2, -0.15) is 0 Å². The maximum absolute atomic E-state index is 12.9. The van der Waals surface area contributed by atoms with Crippen LogP contribution in [0.2, 0.25) is 0 Å². The van der Waals surface area contributed by atoms with Gasteiger partial charge in [0.15, 0.2) is 5.78 Å². The molecule has 2 rings (SSSR count). The number of carbonyl (C=O) groups excluding carboxylic acids is 1. The van der Waals surface area contributed by atoms with Crippen molar-refractivity contribution in [3.8, 4) is 0 Å². The minimum Gasteiger partial charge on any atom is -0.505 e. The van der Waals surface area contributed by atoms with Crippen LogP contribution >= 0.6 is 0 Å². The zero-order chi connectivity index (χ0) is 16.1. The topological polar surface area (TPSA) is 26.3 Å². The lowest BCUT2D eigenvalue weighted by Crippen LogP contribution is -2.06. The number of carbonyl (C=O) groups is 1. The van der Waals surface area contributed by atoms with E-state index in [9.17, 15) is 22.2 Å². The van der Waals surface area contributed by atoms with Crippen LogP contribution in [0.4, 0.5) is 17.4 Å². The summed E-state index contributed by atoms with van der Waals surface area (Å²) in [6.45, 7) is 0. The fourth-order valence-corrected chi connectivity index (χ4v) is 1.71. The summed E-state index contributed by atoms with van der Waals surface area (Å²) < 4.78 is 54.9. The molecular weight excluding hydrogens is 299 g/mol. The molecule has 0 aliphatic rings. The molecule has 0 aliphatic carbocycles. The Labute approximate surface area is 124 Å². The lowest BCUT2D eigenvalue weighted by Gasteiger charge is -2.08. The number of rotatable bonds is 5. The Morgan fingerprint density at radius 2 is 1.32 bits per heavy atom. The molecule has 0 radical (unpaired) electrons. The first kappa shape index (κ1) is 15.8. The van der Waals surface area contributed by atoms with E-state index in [1.165, 1.54) is 24.3 Å². The Morgan fingerprint density at radius 3 is 1.77 bits per heavy atom. The highest BCUT2D eigenvalue weighted by atomic mass is 19.2. The summed E-state index contributed by atoms with van der Waals surface area (Å²) in [5.74, 6) is -2.11. The number of allylic oxidation sites excluding steroid dienone is 1. The number of hydrogen-bond acceptors (Lipinski definition) is 2. The molecule has 0 N–H and O–H groups in total. The number of benzene rings is 2. The second-order valence-electron chi connectivity index (χ2n) is 4.27. The smallest absolute Gasteiger partial charge is 0.505 e. The first-order chi connectivity index (χ1) is 10.5. The Kier molecular flexibility index (Phi) is 4.98. The monoisotopic (exact) mass is 308 g/mol. The van der Waals surface area contributed by atoms with Gasteiger partial charge in [-0.15, -0.1) is 0 Å². The van der Waals surface area contributed by atoms with Crippen LogP contribution in [0.25, 0.3) is 5.76 Å². The molecule has 0 bridgehead atoms. The standard InChI is InChI=1S/C15H9BF4O2/c17-12-5-1-10(2-6-12)14(21)9-15(22-16(19)20)11-3-7-13(18)8-4-11/h1-9H/b15-9-. The van der Waals surface area contributed by atoms with Gasteiger partial charge in [-0.25, -0.2) is 17.4 Å². The Balaban J connectivity index is 2.33. The Morgan fingerprint density at radius 1 is 0.864 bits per heavy atom. The molecule has 2 aromatic carbocycles. The minimum atomic E-state index is -3.14. The van der Waals surface area contributed by atoms with Gasteiger partial charge >= 0.3 is 7.47 Å². The van der Waals surface area contributed by atoms with Crippen LogP contribution in [0.15, 0.2) is 54.6 Å². The van der Waals surface area contributed by atoms with Crippen LogP contribution in [0, 0.1) is 11.6 Å². The van der Waals surface area contributed by atoms with Crippen molar-refractivity contribution in [3.63, 3.8) is 0 Å². The van der Waals surface area contributed by atoms with Gasteiger partial charge in [0.25, 0.3) is 0 Å². The van der Waals surface area contributed by atoms with E-state index in [1.54, 1.807) is 0 Å². The molecule has 0 unspecified atom stereocenters. The van der Waals surface area contributed by atoms with Gasteiger partial charge in [0.05, 0.1) is 0 Å². The maximum Gasteiger partial charge on any atom is 0.796 e. The molecule has 0 spiro atoms. The van der Waals surface area contributed by atoms with Crippen molar-refractivity contribution in [1.82, 2.24) is 0 Å². The van der Waals surface area contributed by atoms with Gasteiger partial charge in [-0.3, -0.25) is 4.79 Å². The predicted octanol–water partition coefficient (Wildman–Crippen LogP) is 4.13. The summed E-state index contributed by atoms with van der Waals surface area (Å²) in [5, 5.41) is 0. The predicted molar refractivity (Wildman–Crippen MR) is 74.2 cm³/mol. The molecule has 7 heteroatoms. The molecule has 112 valence electrons. The van der Waals surface area contributed by atoms with Crippen LogP contribution < -0.4 is 0 Å². The molecule has 0 saturated heterocycles. The van der Waals surface area contributed by atoms with Crippen molar-refractivity contribution in [2.24, 2.45) is 0 Å². The molecule has 0 atom stereocenters. The average molecular weight is 308 g/mol. The molecule has 0 amide bonds. The van der Waals surface area contributed by atoms with E-state index in [1.807, 2.05) is 0 Å². The third-order valence-electron chi connectivity index (χ3n) is 2.74. The second kappa shape index (κ2) is 6.93. The highest BCUT2D eigenvalue weighted by molar-refractivity contribution is 6.36. The summed E-state index contributed by atoms with van der Waals surface area (Å²) in [6.07, 6.45) is 0.854. The summed E-state index contributed by atoms with van der Waals surface area (Å²) in [7, 11) is -3.14. The minimum absolute atomic E-state index is 0.110. The van der Waals surface area contributed by atoms with Gasteiger partial charge in [-0.05, 0) is 48.5 Å². The second-order valence-corrected chi connectivity index (χ2v) is 4.27. The van der Waals surface area contributed by atoms with Crippen LogP contribution in [0.3, 0.4) is 0 Å². The van der Waals surface area contributed by atoms with Crippen molar-refractivity contribution < 1.29 is 26.9 Å². The van der Waals surface area contributed by atoms with E-state index >= 15 is 0 Å². The molecule has 2 nitrogen and oxygen atoms in total. The third-order valence-corrected chi connectivity index (χ3v) is 2.74. The molecule has 0 aliphatic heterocycles. The highest BCUT2D eigenvalue weighted by Crippen LogP contribution is 2.19. The van der Waals surface area contributed by atoms with Gasteiger partial charge in [0, 0.05) is 17.2 Å². The molecule has 0 fully saturated rings. The first-order valence-electron chi connectivity index (χ1n) is 6.18.